The number of para-hydroxylation sites is 2. The molecule has 3 rings (SSSR count). The fourth-order valence-electron chi connectivity index (χ4n) is 4.01. The summed E-state index contributed by atoms with van der Waals surface area (Å²) in [5.41, 5.74) is 2.77. The number of terminal acetylenes is 1. The molecule has 0 saturated heterocycles. The zero-order valence-electron chi connectivity index (χ0n) is 21.0. The van der Waals surface area contributed by atoms with Crippen molar-refractivity contribution in [2.75, 3.05) is 33.4 Å². The lowest BCUT2D eigenvalue weighted by atomic mass is 10.1. The normalized spacial score (nSPS) is 12.1. The average molecular weight is 478 g/mol. The molecule has 1 aromatic heterocycles. The van der Waals surface area contributed by atoms with Crippen molar-refractivity contribution in [1.82, 2.24) is 14.7 Å². The maximum absolute atomic E-state index is 10.6. The van der Waals surface area contributed by atoms with Gasteiger partial charge in [0.05, 0.1) is 25.4 Å². The van der Waals surface area contributed by atoms with Crippen LogP contribution in [-0.4, -0.2) is 59.3 Å². The van der Waals surface area contributed by atoms with Crippen LogP contribution in [-0.2, 0) is 18.3 Å². The van der Waals surface area contributed by atoms with Gasteiger partial charge in [-0.1, -0.05) is 62.2 Å². The number of aliphatic hydroxyl groups excluding tert-OH is 1. The summed E-state index contributed by atoms with van der Waals surface area (Å²) in [6.07, 6.45) is 4.59. The lowest BCUT2D eigenvalue weighted by Crippen LogP contribution is -2.37. The highest BCUT2D eigenvalue weighted by Crippen LogP contribution is 2.37. The maximum Gasteiger partial charge on any atom is 0.222 e. The minimum absolute atomic E-state index is 0.179. The Morgan fingerprint density at radius 1 is 1.06 bits per heavy atom. The number of methoxy groups -OCH3 is 1. The summed E-state index contributed by atoms with van der Waals surface area (Å²) in [7, 11) is 3.49. The predicted octanol–water partition coefficient (Wildman–Crippen LogP) is 4.36. The monoisotopic (exact) mass is 477 g/mol. The molecule has 0 aliphatic carbocycles. The van der Waals surface area contributed by atoms with Gasteiger partial charge in [-0.3, -0.25) is 4.90 Å². The molecule has 7 nitrogen and oxygen atoms in total. The van der Waals surface area contributed by atoms with Gasteiger partial charge in [-0.05, 0) is 18.1 Å². The third kappa shape index (κ3) is 7.33. The SMILES string of the molecule is C#CCOCC(O)CN(Cc1c(-c2ccccc2)nn(C)c1Oc1ccccc1OC)CC(C)C. The Bertz CT molecular complexity index is 1110. The molecule has 186 valence electrons. The van der Waals surface area contributed by atoms with E-state index in [9.17, 15) is 5.11 Å². The second-order valence-corrected chi connectivity index (χ2v) is 8.84. The summed E-state index contributed by atoms with van der Waals surface area (Å²) in [6.45, 7) is 6.42. The number of hydrogen-bond donors (Lipinski definition) is 1. The van der Waals surface area contributed by atoms with Crippen molar-refractivity contribution in [3.05, 3.63) is 60.2 Å². The van der Waals surface area contributed by atoms with Crippen LogP contribution in [0, 0.1) is 18.3 Å². The number of nitrogens with zero attached hydrogens (tertiary/aromatic N) is 3. The summed E-state index contributed by atoms with van der Waals surface area (Å²) < 4.78 is 19.0. The molecule has 0 aliphatic heterocycles. The van der Waals surface area contributed by atoms with Gasteiger partial charge >= 0.3 is 0 Å². The molecule has 1 atom stereocenters. The molecular weight excluding hydrogens is 442 g/mol. The van der Waals surface area contributed by atoms with E-state index in [-0.39, 0.29) is 13.2 Å². The van der Waals surface area contributed by atoms with Crippen molar-refractivity contribution in [3.63, 3.8) is 0 Å². The Hall–Kier alpha value is -3.31. The Morgan fingerprint density at radius 2 is 1.74 bits per heavy atom. The molecule has 7 heteroatoms. The van der Waals surface area contributed by atoms with Gasteiger partial charge in [-0.2, -0.15) is 5.10 Å². The molecule has 35 heavy (non-hydrogen) atoms. The standard InChI is InChI=1S/C28H35N3O4/c1-6-16-34-20-23(32)18-31(17-21(2)3)19-24-27(22-12-8-7-9-13-22)29-30(4)28(24)35-26-15-11-10-14-25(26)33-5/h1,7-15,21,23,32H,16-20H2,2-5H3. The van der Waals surface area contributed by atoms with Gasteiger partial charge in [0.25, 0.3) is 0 Å². The van der Waals surface area contributed by atoms with E-state index < -0.39 is 6.10 Å². The lowest BCUT2D eigenvalue weighted by Gasteiger charge is -2.27. The van der Waals surface area contributed by atoms with Crippen LogP contribution in [0.3, 0.4) is 0 Å². The van der Waals surface area contributed by atoms with E-state index in [1.807, 2.05) is 61.6 Å². The van der Waals surface area contributed by atoms with E-state index in [1.54, 1.807) is 11.8 Å². The summed E-state index contributed by atoms with van der Waals surface area (Å²) in [5.74, 6) is 4.70. The first-order valence-electron chi connectivity index (χ1n) is 11.8. The van der Waals surface area contributed by atoms with Crippen molar-refractivity contribution in [1.29, 1.82) is 0 Å². The summed E-state index contributed by atoms with van der Waals surface area (Å²) in [4.78, 5) is 2.20. The number of rotatable bonds is 13. The van der Waals surface area contributed by atoms with Crippen LogP contribution in [0.2, 0.25) is 0 Å². The van der Waals surface area contributed by atoms with Crippen LogP contribution in [0.15, 0.2) is 54.6 Å². The number of ether oxygens (including phenoxy) is 3. The van der Waals surface area contributed by atoms with Crippen molar-refractivity contribution in [2.24, 2.45) is 13.0 Å². The quantitative estimate of drug-likeness (QED) is 0.292. The van der Waals surface area contributed by atoms with E-state index in [1.165, 1.54) is 0 Å². The Kier molecular flexibility index (Phi) is 9.74. The third-order valence-corrected chi connectivity index (χ3v) is 5.38. The largest absolute Gasteiger partial charge is 0.493 e. The number of aromatic nitrogens is 2. The van der Waals surface area contributed by atoms with Gasteiger partial charge in [-0.15, -0.1) is 6.42 Å². The zero-order chi connectivity index (χ0) is 25.2. The minimum atomic E-state index is -0.669. The van der Waals surface area contributed by atoms with Gasteiger partial charge in [0.2, 0.25) is 5.88 Å². The molecule has 0 spiro atoms. The Balaban J connectivity index is 1.98. The van der Waals surface area contributed by atoms with Crippen molar-refractivity contribution >= 4 is 0 Å². The first-order valence-corrected chi connectivity index (χ1v) is 11.8. The predicted molar refractivity (Wildman–Crippen MR) is 137 cm³/mol. The molecule has 0 fully saturated rings. The molecule has 0 radical (unpaired) electrons. The zero-order valence-corrected chi connectivity index (χ0v) is 21.0. The van der Waals surface area contributed by atoms with E-state index in [4.69, 9.17) is 25.7 Å². The van der Waals surface area contributed by atoms with Crippen LogP contribution < -0.4 is 9.47 Å². The highest BCUT2D eigenvalue weighted by Gasteiger charge is 2.24. The molecule has 1 unspecified atom stereocenters. The first kappa shape index (κ1) is 26.3. The highest BCUT2D eigenvalue weighted by atomic mass is 16.5. The highest BCUT2D eigenvalue weighted by molar-refractivity contribution is 5.66. The van der Waals surface area contributed by atoms with E-state index >= 15 is 0 Å². The summed E-state index contributed by atoms with van der Waals surface area (Å²) in [5, 5.41) is 15.4. The fourth-order valence-corrected chi connectivity index (χ4v) is 4.01. The topological polar surface area (TPSA) is 69.0 Å². The molecule has 0 amide bonds. The maximum atomic E-state index is 10.6. The van der Waals surface area contributed by atoms with Crippen molar-refractivity contribution in [2.45, 2.75) is 26.5 Å². The van der Waals surface area contributed by atoms with E-state index in [2.05, 4.69) is 24.7 Å². The van der Waals surface area contributed by atoms with Crippen LogP contribution in [0.5, 0.6) is 17.4 Å². The Labute approximate surface area is 208 Å². The number of benzene rings is 2. The molecule has 3 aromatic rings. The Morgan fingerprint density at radius 3 is 2.40 bits per heavy atom. The molecule has 1 heterocycles. The molecule has 1 N–H and O–H groups in total. The minimum Gasteiger partial charge on any atom is -0.493 e. The molecular formula is C28H35N3O4. The van der Waals surface area contributed by atoms with Crippen LogP contribution >= 0.6 is 0 Å². The first-order chi connectivity index (χ1) is 16.9. The second kappa shape index (κ2) is 13.0. The number of hydrogen-bond acceptors (Lipinski definition) is 6. The van der Waals surface area contributed by atoms with Gasteiger partial charge in [0.15, 0.2) is 11.5 Å². The molecule has 2 aromatic carbocycles. The van der Waals surface area contributed by atoms with Gasteiger partial charge in [-0.25, -0.2) is 4.68 Å². The molecule has 0 saturated carbocycles. The van der Waals surface area contributed by atoms with Crippen molar-refractivity contribution in [3.8, 4) is 41.0 Å². The third-order valence-electron chi connectivity index (χ3n) is 5.38. The van der Waals surface area contributed by atoms with Crippen LogP contribution in [0.25, 0.3) is 11.3 Å². The smallest absolute Gasteiger partial charge is 0.222 e. The molecule has 0 bridgehead atoms. The number of aliphatic hydroxyl groups is 1. The lowest BCUT2D eigenvalue weighted by molar-refractivity contribution is 0.0237. The average Bonchev–Trinajstić information content (AvgIpc) is 3.14. The second-order valence-electron chi connectivity index (χ2n) is 8.84. The van der Waals surface area contributed by atoms with Crippen LogP contribution in [0.4, 0.5) is 0 Å². The van der Waals surface area contributed by atoms with Gasteiger partial charge in [0.1, 0.15) is 12.3 Å². The van der Waals surface area contributed by atoms with E-state index in [0.29, 0.717) is 36.4 Å². The van der Waals surface area contributed by atoms with E-state index in [0.717, 1.165) is 23.4 Å². The number of aryl methyl sites for hydroxylation is 1. The van der Waals surface area contributed by atoms with Gasteiger partial charge < -0.3 is 19.3 Å². The van der Waals surface area contributed by atoms with Gasteiger partial charge in [0, 0.05) is 32.2 Å². The fraction of sp³-hybridized carbons (Fsp3) is 0.393. The van der Waals surface area contributed by atoms with Crippen molar-refractivity contribution < 1.29 is 19.3 Å². The summed E-state index contributed by atoms with van der Waals surface area (Å²) >= 11 is 0. The summed E-state index contributed by atoms with van der Waals surface area (Å²) in [6, 6.07) is 17.6. The van der Waals surface area contributed by atoms with Crippen LogP contribution in [0.1, 0.15) is 19.4 Å². The molecule has 0 aliphatic rings.